The predicted octanol–water partition coefficient (Wildman–Crippen LogP) is 1.12. The van der Waals surface area contributed by atoms with E-state index in [0.717, 1.165) is 18.8 Å². The molecule has 1 N–H and O–H groups in total. The number of nitrogens with zero attached hydrogens (tertiary/aromatic N) is 5. The summed E-state index contributed by atoms with van der Waals surface area (Å²) < 4.78 is 6.54. The van der Waals surface area contributed by atoms with Crippen molar-refractivity contribution in [3.63, 3.8) is 0 Å². The van der Waals surface area contributed by atoms with Gasteiger partial charge in [-0.15, -0.1) is 5.10 Å². The summed E-state index contributed by atoms with van der Waals surface area (Å²) in [5.41, 5.74) is 1.96. The van der Waals surface area contributed by atoms with Crippen molar-refractivity contribution >= 4 is 34.1 Å². The van der Waals surface area contributed by atoms with Crippen LogP contribution in [0.1, 0.15) is 6.42 Å². The highest BCUT2D eigenvalue weighted by molar-refractivity contribution is 5.94. The summed E-state index contributed by atoms with van der Waals surface area (Å²) in [7, 11) is 1.55. The second kappa shape index (κ2) is 10.2. The van der Waals surface area contributed by atoms with Crippen molar-refractivity contribution < 1.29 is 14.3 Å². The molecule has 172 valence electrons. The lowest BCUT2D eigenvalue weighted by Gasteiger charge is -2.28. The van der Waals surface area contributed by atoms with Crippen molar-refractivity contribution in [1.29, 1.82) is 0 Å². The van der Waals surface area contributed by atoms with Gasteiger partial charge in [0, 0.05) is 37.9 Å². The molecule has 33 heavy (non-hydrogen) atoms. The van der Waals surface area contributed by atoms with Crippen LogP contribution in [0.3, 0.4) is 0 Å². The lowest BCUT2D eigenvalue weighted by Crippen LogP contribution is -2.36. The van der Waals surface area contributed by atoms with E-state index in [1.807, 2.05) is 24.3 Å². The monoisotopic (exact) mass is 450 g/mol. The molecule has 1 fully saturated rings. The number of likely N-dealkylation sites (N-methyl/N-ethyl adjacent to an activating group) is 1. The van der Waals surface area contributed by atoms with E-state index < -0.39 is 0 Å². The lowest BCUT2D eigenvalue weighted by atomic mass is 10.2. The highest BCUT2D eigenvalue weighted by Gasteiger charge is 2.15. The van der Waals surface area contributed by atoms with Crippen LogP contribution in [0.5, 0.6) is 0 Å². The van der Waals surface area contributed by atoms with Gasteiger partial charge >= 0.3 is 0 Å². The van der Waals surface area contributed by atoms with Gasteiger partial charge in [0.1, 0.15) is 5.52 Å². The standard InChI is InChI=1S/C23H26N6O4/c1-27(22(31)10-11-29-23(32)19-4-2-3-5-20(19)25-26-29)16-21(30)24-17-6-8-18(9-7-17)28-12-14-33-15-13-28/h2-9H,10-16H2,1H3,(H,24,30). The highest BCUT2D eigenvalue weighted by atomic mass is 16.5. The molecule has 0 atom stereocenters. The van der Waals surface area contributed by atoms with Gasteiger partial charge in [-0.3, -0.25) is 14.4 Å². The molecule has 2 heterocycles. The molecular weight excluding hydrogens is 424 g/mol. The molecule has 1 aliphatic heterocycles. The van der Waals surface area contributed by atoms with Gasteiger partial charge in [-0.1, -0.05) is 17.3 Å². The first-order chi connectivity index (χ1) is 16.0. The number of rotatable bonds is 7. The smallest absolute Gasteiger partial charge is 0.277 e. The van der Waals surface area contributed by atoms with Gasteiger partial charge in [0.2, 0.25) is 11.8 Å². The second-order valence-corrected chi connectivity index (χ2v) is 7.83. The summed E-state index contributed by atoms with van der Waals surface area (Å²) in [6.45, 7) is 3.10. The Morgan fingerprint density at radius 1 is 1.09 bits per heavy atom. The van der Waals surface area contributed by atoms with Crippen LogP contribution in [-0.2, 0) is 20.9 Å². The van der Waals surface area contributed by atoms with Crippen LogP contribution in [0, 0.1) is 0 Å². The SMILES string of the molecule is CN(CC(=O)Nc1ccc(N2CCOCC2)cc1)C(=O)CCn1nnc2ccccc2c1=O. The number of aromatic nitrogens is 3. The fourth-order valence-electron chi connectivity index (χ4n) is 3.64. The average molecular weight is 450 g/mol. The quantitative estimate of drug-likeness (QED) is 0.574. The third-order valence-corrected chi connectivity index (χ3v) is 5.50. The maximum atomic E-state index is 12.5. The number of ether oxygens (including phenoxy) is 1. The van der Waals surface area contributed by atoms with Gasteiger partial charge in [0.05, 0.1) is 31.7 Å². The second-order valence-electron chi connectivity index (χ2n) is 7.83. The van der Waals surface area contributed by atoms with E-state index in [4.69, 9.17) is 4.74 Å². The molecule has 1 aliphatic rings. The molecule has 10 heteroatoms. The molecule has 0 bridgehead atoms. The van der Waals surface area contributed by atoms with E-state index in [9.17, 15) is 14.4 Å². The molecule has 2 aromatic carbocycles. The number of anilines is 2. The number of amides is 2. The zero-order chi connectivity index (χ0) is 23.2. The van der Waals surface area contributed by atoms with Gasteiger partial charge in [0.15, 0.2) is 0 Å². The first kappa shape index (κ1) is 22.4. The molecular formula is C23H26N6O4. The minimum Gasteiger partial charge on any atom is -0.378 e. The van der Waals surface area contributed by atoms with Crippen molar-refractivity contribution in [2.45, 2.75) is 13.0 Å². The van der Waals surface area contributed by atoms with Crippen LogP contribution < -0.4 is 15.8 Å². The van der Waals surface area contributed by atoms with Crippen LogP contribution in [0.4, 0.5) is 11.4 Å². The Morgan fingerprint density at radius 3 is 2.58 bits per heavy atom. The molecule has 10 nitrogen and oxygen atoms in total. The Hall–Kier alpha value is -3.79. The number of morpholine rings is 1. The summed E-state index contributed by atoms with van der Waals surface area (Å²) in [6, 6.07) is 14.5. The molecule has 2 amide bonds. The third kappa shape index (κ3) is 5.53. The van der Waals surface area contributed by atoms with Gasteiger partial charge in [-0.2, -0.15) is 0 Å². The number of hydrogen-bond acceptors (Lipinski definition) is 7. The Balaban J connectivity index is 1.27. The minimum atomic E-state index is -0.298. The molecule has 0 spiro atoms. The Kier molecular flexibility index (Phi) is 6.94. The fraction of sp³-hybridized carbons (Fsp3) is 0.348. The maximum absolute atomic E-state index is 12.5. The average Bonchev–Trinajstić information content (AvgIpc) is 2.84. The van der Waals surface area contributed by atoms with Crippen LogP contribution in [0.2, 0.25) is 0 Å². The summed E-state index contributed by atoms with van der Waals surface area (Å²) >= 11 is 0. The molecule has 0 radical (unpaired) electrons. The third-order valence-electron chi connectivity index (χ3n) is 5.50. The van der Waals surface area contributed by atoms with E-state index in [0.29, 0.717) is 29.8 Å². The number of fused-ring (bicyclic) bond motifs is 1. The number of benzene rings is 2. The molecule has 4 rings (SSSR count). The molecule has 3 aromatic rings. The first-order valence-electron chi connectivity index (χ1n) is 10.8. The normalized spacial score (nSPS) is 13.7. The zero-order valence-corrected chi connectivity index (χ0v) is 18.4. The van der Waals surface area contributed by atoms with E-state index in [2.05, 4.69) is 20.5 Å². The number of carbonyl (C=O) groups is 2. The van der Waals surface area contributed by atoms with Gasteiger partial charge in [0.25, 0.3) is 5.56 Å². The van der Waals surface area contributed by atoms with Crippen LogP contribution in [0.25, 0.3) is 10.9 Å². The topological polar surface area (TPSA) is 110 Å². The van der Waals surface area contributed by atoms with Crippen molar-refractivity contribution in [3.8, 4) is 0 Å². The molecule has 0 saturated carbocycles. The van der Waals surface area contributed by atoms with Crippen molar-refractivity contribution in [1.82, 2.24) is 19.9 Å². The fourth-order valence-corrected chi connectivity index (χ4v) is 3.64. The minimum absolute atomic E-state index is 0.0327. The number of nitrogens with one attached hydrogen (secondary N) is 1. The largest absolute Gasteiger partial charge is 0.378 e. The van der Waals surface area contributed by atoms with Crippen LogP contribution in [0.15, 0.2) is 53.3 Å². The van der Waals surface area contributed by atoms with E-state index in [1.54, 1.807) is 31.3 Å². The number of hydrogen-bond donors (Lipinski definition) is 1. The van der Waals surface area contributed by atoms with E-state index in [1.165, 1.54) is 9.58 Å². The van der Waals surface area contributed by atoms with Gasteiger partial charge in [-0.05, 0) is 36.4 Å². The summed E-state index contributed by atoms with van der Waals surface area (Å²) in [6.07, 6.45) is 0.0327. The summed E-state index contributed by atoms with van der Waals surface area (Å²) in [5.74, 6) is -0.567. The Bertz CT molecular complexity index is 1190. The van der Waals surface area contributed by atoms with Crippen LogP contribution >= 0.6 is 0 Å². The van der Waals surface area contributed by atoms with Crippen molar-refractivity contribution in [2.75, 3.05) is 50.1 Å². The molecule has 0 unspecified atom stereocenters. The number of carbonyl (C=O) groups excluding carboxylic acids is 2. The first-order valence-corrected chi connectivity index (χ1v) is 10.8. The molecule has 1 saturated heterocycles. The zero-order valence-electron chi connectivity index (χ0n) is 18.4. The Morgan fingerprint density at radius 2 is 1.82 bits per heavy atom. The van der Waals surface area contributed by atoms with Crippen molar-refractivity contribution in [3.05, 3.63) is 58.9 Å². The van der Waals surface area contributed by atoms with Gasteiger partial charge < -0.3 is 19.9 Å². The highest BCUT2D eigenvalue weighted by Crippen LogP contribution is 2.19. The maximum Gasteiger partial charge on any atom is 0.277 e. The lowest BCUT2D eigenvalue weighted by molar-refractivity contribution is -0.133. The predicted molar refractivity (Wildman–Crippen MR) is 124 cm³/mol. The van der Waals surface area contributed by atoms with Gasteiger partial charge in [-0.25, -0.2) is 4.68 Å². The Labute approximate surface area is 190 Å². The number of aryl methyl sites for hydroxylation is 1. The molecule has 1 aromatic heterocycles. The van der Waals surface area contributed by atoms with E-state index >= 15 is 0 Å². The summed E-state index contributed by atoms with van der Waals surface area (Å²) in [4.78, 5) is 40.9. The van der Waals surface area contributed by atoms with Crippen molar-refractivity contribution in [2.24, 2.45) is 0 Å². The van der Waals surface area contributed by atoms with E-state index in [-0.39, 0.29) is 36.9 Å². The molecule has 0 aliphatic carbocycles. The van der Waals surface area contributed by atoms with Crippen LogP contribution in [-0.4, -0.2) is 71.6 Å². The summed E-state index contributed by atoms with van der Waals surface area (Å²) in [5, 5.41) is 11.2.